The number of hydrogen-bond acceptors (Lipinski definition) is 2. The Morgan fingerprint density at radius 2 is 2.07 bits per heavy atom. The Morgan fingerprint density at radius 1 is 1.43 bits per heavy atom. The predicted molar refractivity (Wildman–Crippen MR) is 45.4 cm³/mol. The molecule has 0 aliphatic heterocycles. The Kier molecular flexibility index (Phi) is 3.35. The van der Waals surface area contributed by atoms with Crippen LogP contribution in [0.5, 0.6) is 5.75 Å². The smallest absolute Gasteiger partial charge is 0.237 e. The Balaban J connectivity index is 3.10. The number of phenols is 1. The zero-order valence-corrected chi connectivity index (χ0v) is 7.54. The van der Waals surface area contributed by atoms with E-state index in [-0.39, 0.29) is 11.3 Å². The first-order valence-electron chi connectivity index (χ1n) is 4.13. The van der Waals surface area contributed by atoms with E-state index in [0.29, 0.717) is 12.0 Å². The van der Waals surface area contributed by atoms with Crippen LogP contribution >= 0.6 is 0 Å². The van der Waals surface area contributed by atoms with Crippen molar-refractivity contribution in [3.05, 3.63) is 29.3 Å². The van der Waals surface area contributed by atoms with Gasteiger partial charge in [0.1, 0.15) is 5.75 Å². The van der Waals surface area contributed by atoms with Gasteiger partial charge in [0.05, 0.1) is 5.34 Å². The van der Waals surface area contributed by atoms with Crippen molar-refractivity contribution in [2.24, 2.45) is 0 Å². The minimum atomic E-state index is -2.49. The minimum Gasteiger partial charge on any atom is -0.508 e. The average molecular weight is 205 g/mol. The molecule has 0 heterocycles. The molecule has 0 bridgehead atoms. The second-order valence-electron chi connectivity index (χ2n) is 2.83. The molecule has 1 aromatic rings. The van der Waals surface area contributed by atoms with E-state index >= 15 is 0 Å². The summed E-state index contributed by atoms with van der Waals surface area (Å²) in [6, 6.07) is 3.78. The van der Waals surface area contributed by atoms with Crippen LogP contribution < -0.4 is 0 Å². The fraction of sp³-hybridized carbons (Fsp3) is 0.333. The molecule has 1 aromatic carbocycles. The van der Waals surface area contributed by atoms with E-state index in [0.717, 1.165) is 6.07 Å². The van der Waals surface area contributed by atoms with E-state index in [1.165, 1.54) is 12.1 Å². The number of rotatable bonds is 3. The highest BCUT2D eigenvalue weighted by atomic mass is 19.4. The van der Waals surface area contributed by atoms with Crippen LogP contribution in [-0.4, -0.2) is 10.5 Å². The largest absolute Gasteiger partial charge is 0.508 e. The molecule has 1 N–H and O–H groups in total. The van der Waals surface area contributed by atoms with Crippen molar-refractivity contribution in [1.82, 2.24) is 5.34 Å². The Bertz CT molecular complexity index is 317. The van der Waals surface area contributed by atoms with E-state index in [4.69, 9.17) is 5.11 Å². The van der Waals surface area contributed by atoms with Crippen molar-refractivity contribution in [2.45, 2.75) is 19.6 Å². The molecule has 0 fully saturated rings. The second-order valence-corrected chi connectivity index (χ2v) is 2.83. The molecule has 0 aromatic heterocycles. The lowest BCUT2D eigenvalue weighted by Gasteiger charge is -2.12. The third-order valence-corrected chi connectivity index (χ3v) is 1.94. The van der Waals surface area contributed by atoms with Crippen LogP contribution in [-0.2, 0) is 6.42 Å². The Hall–Kier alpha value is -1.23. The third-order valence-electron chi connectivity index (χ3n) is 1.94. The summed E-state index contributed by atoms with van der Waals surface area (Å²) >= 11 is 0. The van der Waals surface area contributed by atoms with Gasteiger partial charge in [-0.3, -0.25) is 0 Å². The normalized spacial score (nSPS) is 13.2. The molecule has 0 amide bonds. The summed E-state index contributed by atoms with van der Waals surface area (Å²) in [7, 11) is 0. The van der Waals surface area contributed by atoms with Crippen LogP contribution in [0.2, 0.25) is 0 Å². The summed E-state index contributed by atoms with van der Waals surface area (Å²) in [5.74, 6) is -0.221. The number of halogens is 3. The molecule has 2 nitrogen and oxygen atoms in total. The standard InChI is InChI=1S/C9H10F3NO/c1-2-6-3-4-7(14)5-8(6)9(10)13(11)12/h3-5,9,14H,2H2,1H3. The maximum absolute atomic E-state index is 13.0. The summed E-state index contributed by atoms with van der Waals surface area (Å²) in [6.07, 6.45) is -2.05. The Labute approximate surface area is 79.4 Å². The SMILES string of the molecule is CCc1ccc(O)cc1C(F)N(F)F. The highest BCUT2D eigenvalue weighted by Gasteiger charge is 2.22. The van der Waals surface area contributed by atoms with Gasteiger partial charge in [-0.05, 0) is 24.1 Å². The van der Waals surface area contributed by atoms with E-state index < -0.39 is 11.6 Å². The number of alkyl halides is 1. The molecule has 0 saturated carbocycles. The number of nitrogens with zero attached hydrogens (tertiary/aromatic N) is 1. The van der Waals surface area contributed by atoms with Crippen LogP contribution in [0, 0.1) is 0 Å². The molecule has 0 spiro atoms. The topological polar surface area (TPSA) is 23.5 Å². The van der Waals surface area contributed by atoms with Gasteiger partial charge in [0, 0.05) is 5.56 Å². The van der Waals surface area contributed by atoms with Gasteiger partial charge < -0.3 is 5.11 Å². The summed E-state index contributed by atoms with van der Waals surface area (Å²) in [5.41, 5.74) is 0.258. The lowest BCUT2D eigenvalue weighted by atomic mass is 10.0. The van der Waals surface area contributed by atoms with Crippen LogP contribution in [0.25, 0.3) is 0 Å². The summed E-state index contributed by atoms with van der Waals surface area (Å²) < 4.78 is 36.8. The summed E-state index contributed by atoms with van der Waals surface area (Å²) in [4.78, 5) is 0. The average Bonchev–Trinajstić information content (AvgIpc) is 2.16. The second kappa shape index (κ2) is 4.32. The van der Waals surface area contributed by atoms with Crippen LogP contribution in [0.4, 0.5) is 13.4 Å². The summed E-state index contributed by atoms with van der Waals surface area (Å²) in [6.45, 7) is 1.73. The van der Waals surface area contributed by atoms with Gasteiger partial charge in [-0.1, -0.05) is 22.0 Å². The van der Waals surface area contributed by atoms with Crippen LogP contribution in [0.15, 0.2) is 18.2 Å². The zero-order chi connectivity index (χ0) is 10.7. The van der Waals surface area contributed by atoms with Gasteiger partial charge in [-0.25, -0.2) is 4.39 Å². The van der Waals surface area contributed by atoms with Crippen molar-refractivity contribution in [3.63, 3.8) is 0 Å². The molecule has 1 unspecified atom stereocenters. The number of hydrogen-bond donors (Lipinski definition) is 1. The maximum Gasteiger partial charge on any atom is 0.237 e. The van der Waals surface area contributed by atoms with E-state index in [1.807, 2.05) is 0 Å². The molecule has 0 radical (unpaired) electrons. The van der Waals surface area contributed by atoms with Gasteiger partial charge in [-0.2, -0.15) is 0 Å². The van der Waals surface area contributed by atoms with Gasteiger partial charge in [0.15, 0.2) is 0 Å². The van der Waals surface area contributed by atoms with Gasteiger partial charge >= 0.3 is 0 Å². The first-order valence-corrected chi connectivity index (χ1v) is 4.13. The molecule has 14 heavy (non-hydrogen) atoms. The van der Waals surface area contributed by atoms with Crippen molar-refractivity contribution in [3.8, 4) is 5.75 Å². The first kappa shape index (κ1) is 10.8. The lowest BCUT2D eigenvalue weighted by molar-refractivity contribution is -0.226. The van der Waals surface area contributed by atoms with Gasteiger partial charge in [0.25, 0.3) is 0 Å². The number of benzene rings is 1. The van der Waals surface area contributed by atoms with Crippen molar-refractivity contribution in [2.75, 3.05) is 0 Å². The molecule has 0 aliphatic rings. The predicted octanol–water partition coefficient (Wildman–Crippen LogP) is 2.99. The molecular weight excluding hydrogens is 195 g/mol. The molecule has 0 saturated heterocycles. The van der Waals surface area contributed by atoms with Crippen molar-refractivity contribution >= 4 is 0 Å². The molecular formula is C9H10F3NO. The number of aryl methyl sites for hydroxylation is 1. The van der Waals surface area contributed by atoms with Crippen LogP contribution in [0.1, 0.15) is 24.3 Å². The third kappa shape index (κ3) is 2.17. The highest BCUT2D eigenvalue weighted by molar-refractivity contribution is 5.35. The van der Waals surface area contributed by atoms with Gasteiger partial charge in [-0.15, -0.1) is 0 Å². The first-order chi connectivity index (χ1) is 6.56. The van der Waals surface area contributed by atoms with Crippen LogP contribution in [0.3, 0.4) is 0 Å². The van der Waals surface area contributed by atoms with E-state index in [9.17, 15) is 13.4 Å². The highest BCUT2D eigenvalue weighted by Crippen LogP contribution is 2.29. The molecule has 1 rings (SSSR count). The fourth-order valence-corrected chi connectivity index (χ4v) is 1.23. The molecule has 0 aliphatic carbocycles. The van der Waals surface area contributed by atoms with Crippen molar-refractivity contribution in [1.29, 1.82) is 0 Å². The Morgan fingerprint density at radius 3 is 2.57 bits per heavy atom. The van der Waals surface area contributed by atoms with E-state index in [2.05, 4.69) is 0 Å². The quantitative estimate of drug-likeness (QED) is 0.605. The van der Waals surface area contributed by atoms with Gasteiger partial charge in [0.2, 0.25) is 6.30 Å². The number of aromatic hydroxyl groups is 1. The minimum absolute atomic E-state index is 0.197. The molecule has 1 atom stereocenters. The van der Waals surface area contributed by atoms with E-state index in [1.54, 1.807) is 6.92 Å². The molecule has 78 valence electrons. The lowest BCUT2D eigenvalue weighted by Crippen LogP contribution is -2.08. The fourth-order valence-electron chi connectivity index (χ4n) is 1.23. The summed E-state index contributed by atoms with van der Waals surface area (Å²) in [5, 5.41) is 7.51. The van der Waals surface area contributed by atoms with Crippen molar-refractivity contribution < 1.29 is 18.5 Å². The maximum atomic E-state index is 13.0. The number of phenolic OH excluding ortho intramolecular Hbond substituents is 1. The zero-order valence-electron chi connectivity index (χ0n) is 7.54. The molecule has 5 heteroatoms. The monoisotopic (exact) mass is 205 g/mol.